The van der Waals surface area contributed by atoms with Crippen LogP contribution in [0.3, 0.4) is 0 Å². The van der Waals surface area contributed by atoms with Gasteiger partial charge in [-0.15, -0.1) is 0 Å². The number of methoxy groups -OCH3 is 1. The first-order chi connectivity index (χ1) is 14.1. The van der Waals surface area contributed by atoms with Crippen LogP contribution in [0.5, 0.6) is 11.5 Å². The van der Waals surface area contributed by atoms with Crippen LogP contribution in [-0.2, 0) is 4.79 Å². The first-order valence-corrected chi connectivity index (χ1v) is 9.46. The fraction of sp³-hybridized carbons (Fsp3) is 0.217. The van der Waals surface area contributed by atoms with Gasteiger partial charge in [0.15, 0.2) is 0 Å². The first-order valence-electron chi connectivity index (χ1n) is 9.46. The number of benzene rings is 3. The van der Waals surface area contributed by atoms with Crippen molar-refractivity contribution >= 4 is 28.3 Å². The molecule has 29 heavy (non-hydrogen) atoms. The van der Waals surface area contributed by atoms with Crippen LogP contribution in [0.25, 0.3) is 10.8 Å². The lowest BCUT2D eigenvalue weighted by atomic mass is 10.1. The molecule has 0 aliphatic carbocycles. The Kier molecular flexibility index (Phi) is 5.08. The van der Waals surface area contributed by atoms with E-state index in [1.165, 1.54) is 4.90 Å². The van der Waals surface area contributed by atoms with Crippen LogP contribution >= 0.6 is 0 Å². The first kappa shape index (κ1) is 18.8. The zero-order valence-electron chi connectivity index (χ0n) is 16.3. The minimum atomic E-state index is -0.228. The molecule has 3 aromatic carbocycles. The highest BCUT2D eigenvalue weighted by atomic mass is 16.5. The molecular weight excluding hydrogens is 368 g/mol. The van der Waals surface area contributed by atoms with E-state index in [2.05, 4.69) is 5.32 Å². The van der Waals surface area contributed by atoms with Crippen LogP contribution in [0, 0.1) is 0 Å². The van der Waals surface area contributed by atoms with E-state index in [9.17, 15) is 9.59 Å². The van der Waals surface area contributed by atoms with Crippen molar-refractivity contribution < 1.29 is 19.1 Å². The molecular formula is C23H22N2O4. The quantitative estimate of drug-likeness (QED) is 0.672. The van der Waals surface area contributed by atoms with Crippen LogP contribution in [-0.4, -0.2) is 38.1 Å². The summed E-state index contributed by atoms with van der Waals surface area (Å²) in [6.07, 6.45) is 0. The number of amides is 2. The number of carbonyl (C=O) groups excluding carboxylic acids is 2. The van der Waals surface area contributed by atoms with Crippen molar-refractivity contribution in [2.45, 2.75) is 13.0 Å². The summed E-state index contributed by atoms with van der Waals surface area (Å²) in [5.74, 6) is 1.08. The second kappa shape index (κ2) is 7.83. The molecule has 3 aromatic rings. The van der Waals surface area contributed by atoms with Crippen molar-refractivity contribution in [2.75, 3.05) is 25.2 Å². The predicted octanol–water partition coefficient (Wildman–Crippen LogP) is 3.39. The highest BCUT2D eigenvalue weighted by Crippen LogP contribution is 2.36. The minimum absolute atomic E-state index is 0.0283. The maximum absolute atomic E-state index is 12.8. The van der Waals surface area contributed by atoms with Gasteiger partial charge in [-0.25, -0.2) is 0 Å². The number of rotatable bonds is 7. The summed E-state index contributed by atoms with van der Waals surface area (Å²) in [5, 5.41) is 4.80. The molecule has 148 valence electrons. The van der Waals surface area contributed by atoms with Crippen LogP contribution in [0.4, 0.5) is 5.69 Å². The minimum Gasteiger partial charge on any atom is -0.497 e. The highest BCUT2D eigenvalue weighted by molar-refractivity contribution is 6.26. The van der Waals surface area contributed by atoms with E-state index in [0.717, 1.165) is 22.2 Å². The molecule has 1 N–H and O–H groups in total. The number of hydrogen-bond donors (Lipinski definition) is 1. The zero-order valence-corrected chi connectivity index (χ0v) is 16.3. The van der Waals surface area contributed by atoms with Crippen LogP contribution in [0.2, 0.25) is 0 Å². The largest absolute Gasteiger partial charge is 0.497 e. The molecule has 1 heterocycles. The third-order valence-corrected chi connectivity index (χ3v) is 4.92. The normalized spacial score (nSPS) is 13.4. The number of nitrogens with zero attached hydrogens (tertiary/aromatic N) is 1. The van der Waals surface area contributed by atoms with Gasteiger partial charge in [0.25, 0.3) is 5.91 Å². The smallest absolute Gasteiger partial charge is 0.259 e. The molecule has 0 radical (unpaired) electrons. The lowest BCUT2D eigenvalue weighted by Crippen LogP contribution is -2.44. The Bertz CT molecular complexity index is 1060. The maximum Gasteiger partial charge on any atom is 0.259 e. The fourth-order valence-corrected chi connectivity index (χ4v) is 3.54. The Hall–Kier alpha value is -3.54. The summed E-state index contributed by atoms with van der Waals surface area (Å²) in [4.78, 5) is 26.8. The molecule has 0 aromatic heterocycles. The Morgan fingerprint density at radius 2 is 1.72 bits per heavy atom. The lowest BCUT2D eigenvalue weighted by molar-refractivity contribution is -0.120. The third kappa shape index (κ3) is 3.74. The average molecular weight is 390 g/mol. The number of ether oxygens (including phenoxy) is 2. The maximum atomic E-state index is 12.8. The van der Waals surface area contributed by atoms with Gasteiger partial charge in [0.1, 0.15) is 24.7 Å². The zero-order chi connectivity index (χ0) is 20.4. The summed E-state index contributed by atoms with van der Waals surface area (Å²) in [6.45, 7) is 2.16. The summed E-state index contributed by atoms with van der Waals surface area (Å²) in [5.41, 5.74) is 1.42. The Labute approximate surface area is 169 Å². The molecule has 0 saturated carbocycles. The Balaban J connectivity index is 1.36. The molecule has 0 spiro atoms. The van der Waals surface area contributed by atoms with Gasteiger partial charge < -0.3 is 14.8 Å². The molecule has 6 nitrogen and oxygen atoms in total. The molecule has 1 unspecified atom stereocenters. The number of carbonyl (C=O) groups is 2. The van der Waals surface area contributed by atoms with E-state index in [4.69, 9.17) is 9.47 Å². The van der Waals surface area contributed by atoms with Gasteiger partial charge in [0.2, 0.25) is 5.91 Å². The van der Waals surface area contributed by atoms with E-state index < -0.39 is 0 Å². The number of nitrogens with one attached hydrogen (secondary N) is 1. The predicted molar refractivity (Wildman–Crippen MR) is 112 cm³/mol. The van der Waals surface area contributed by atoms with Crippen molar-refractivity contribution in [1.29, 1.82) is 0 Å². The topological polar surface area (TPSA) is 67.9 Å². The number of hydrogen-bond acceptors (Lipinski definition) is 4. The lowest BCUT2D eigenvalue weighted by Gasteiger charge is -2.20. The molecule has 0 fully saturated rings. The highest BCUT2D eigenvalue weighted by Gasteiger charge is 2.31. The molecule has 2 amide bonds. The summed E-state index contributed by atoms with van der Waals surface area (Å²) < 4.78 is 10.8. The number of anilines is 1. The van der Waals surface area contributed by atoms with Crippen molar-refractivity contribution in [2.24, 2.45) is 0 Å². The monoisotopic (exact) mass is 390 g/mol. The van der Waals surface area contributed by atoms with Crippen molar-refractivity contribution in [1.82, 2.24) is 5.32 Å². The standard InChI is InChI=1S/C23H22N2O4/c1-15(14-29-18-11-9-17(28-2)10-12-18)24-21(26)13-25-20-8-4-6-16-5-3-7-19(22(16)20)23(25)27/h3-12,15H,13-14H2,1-2H3,(H,24,26). The Morgan fingerprint density at radius 3 is 2.45 bits per heavy atom. The summed E-state index contributed by atoms with van der Waals surface area (Å²) >= 11 is 0. The van der Waals surface area contributed by atoms with Gasteiger partial charge >= 0.3 is 0 Å². The second-order valence-electron chi connectivity index (χ2n) is 7.03. The van der Waals surface area contributed by atoms with Gasteiger partial charge in [-0.1, -0.05) is 24.3 Å². The molecule has 0 bridgehead atoms. The molecule has 1 aliphatic heterocycles. The summed E-state index contributed by atoms with van der Waals surface area (Å²) in [7, 11) is 1.61. The van der Waals surface area contributed by atoms with Gasteiger partial charge in [-0.3, -0.25) is 14.5 Å². The molecule has 0 saturated heterocycles. The van der Waals surface area contributed by atoms with Gasteiger partial charge in [0.05, 0.1) is 18.8 Å². The van der Waals surface area contributed by atoms with Gasteiger partial charge in [-0.05, 0) is 48.7 Å². The van der Waals surface area contributed by atoms with E-state index in [1.807, 2.05) is 61.5 Å². The fourth-order valence-electron chi connectivity index (χ4n) is 3.54. The van der Waals surface area contributed by atoms with E-state index >= 15 is 0 Å². The summed E-state index contributed by atoms with van der Waals surface area (Å²) in [6, 6.07) is 18.4. The second-order valence-corrected chi connectivity index (χ2v) is 7.03. The van der Waals surface area contributed by atoms with Gasteiger partial charge in [0, 0.05) is 10.9 Å². The third-order valence-electron chi connectivity index (χ3n) is 4.92. The Morgan fingerprint density at radius 1 is 1.03 bits per heavy atom. The van der Waals surface area contributed by atoms with E-state index in [-0.39, 0.29) is 24.4 Å². The van der Waals surface area contributed by atoms with Gasteiger partial charge in [-0.2, -0.15) is 0 Å². The van der Waals surface area contributed by atoms with Crippen molar-refractivity contribution in [3.63, 3.8) is 0 Å². The van der Waals surface area contributed by atoms with E-state index in [1.54, 1.807) is 13.2 Å². The van der Waals surface area contributed by atoms with Crippen LogP contribution in [0.1, 0.15) is 17.3 Å². The van der Waals surface area contributed by atoms with Crippen LogP contribution in [0.15, 0.2) is 60.7 Å². The van der Waals surface area contributed by atoms with Crippen molar-refractivity contribution in [3.05, 3.63) is 66.2 Å². The van der Waals surface area contributed by atoms with E-state index in [0.29, 0.717) is 17.9 Å². The van der Waals surface area contributed by atoms with Crippen molar-refractivity contribution in [3.8, 4) is 11.5 Å². The average Bonchev–Trinajstić information content (AvgIpc) is 3.00. The van der Waals surface area contributed by atoms with Crippen LogP contribution < -0.4 is 19.7 Å². The molecule has 4 rings (SSSR count). The molecule has 6 heteroatoms. The molecule has 1 atom stereocenters. The molecule has 1 aliphatic rings. The SMILES string of the molecule is COc1ccc(OCC(C)NC(=O)CN2C(=O)c3cccc4cccc2c34)cc1.